The van der Waals surface area contributed by atoms with E-state index in [1.807, 2.05) is 18.2 Å². The molecule has 0 bridgehead atoms. The molecule has 256 valence electrons. The summed E-state index contributed by atoms with van der Waals surface area (Å²) in [5.41, 5.74) is 6.33. The van der Waals surface area contributed by atoms with Crippen LogP contribution in [0.15, 0.2) is 48.7 Å². The molecule has 4 heterocycles. The molecule has 2 aliphatic heterocycles. The van der Waals surface area contributed by atoms with Crippen molar-refractivity contribution in [2.45, 2.75) is 44.6 Å². The van der Waals surface area contributed by atoms with Crippen LogP contribution in [0.1, 0.15) is 75.8 Å². The first kappa shape index (κ1) is 32.9. The van der Waals surface area contributed by atoms with E-state index in [9.17, 15) is 18.0 Å². The van der Waals surface area contributed by atoms with Gasteiger partial charge in [-0.3, -0.25) is 9.59 Å². The fraction of sp³-hybridized carbons (Fsp3) is 0.389. The number of rotatable bonds is 7. The van der Waals surface area contributed by atoms with Crippen molar-refractivity contribution in [2.24, 2.45) is 0 Å². The number of aromatic nitrogens is 3. The van der Waals surface area contributed by atoms with E-state index in [0.29, 0.717) is 56.0 Å². The molecule has 0 spiro atoms. The maximum absolute atomic E-state index is 13.4. The lowest BCUT2D eigenvalue weighted by Crippen LogP contribution is -2.41. The van der Waals surface area contributed by atoms with Crippen LogP contribution in [-0.4, -0.2) is 91.5 Å². The van der Waals surface area contributed by atoms with Gasteiger partial charge in [0.15, 0.2) is 5.82 Å². The van der Waals surface area contributed by atoms with Crippen LogP contribution in [-0.2, 0) is 21.5 Å². The van der Waals surface area contributed by atoms with Crippen LogP contribution in [0.25, 0.3) is 33.8 Å². The Hall–Kier alpha value is -4.59. The number of benzene rings is 2. The molecule has 12 nitrogen and oxygen atoms in total. The first-order valence-corrected chi connectivity index (χ1v) is 18.1. The molecule has 1 aliphatic carbocycles. The summed E-state index contributed by atoms with van der Waals surface area (Å²) in [5.74, 6) is 0.559. The van der Waals surface area contributed by atoms with Crippen molar-refractivity contribution in [3.63, 3.8) is 0 Å². The van der Waals surface area contributed by atoms with E-state index in [2.05, 4.69) is 26.4 Å². The van der Waals surface area contributed by atoms with Gasteiger partial charge in [-0.25, -0.2) is 14.7 Å². The van der Waals surface area contributed by atoms with E-state index >= 15 is 0 Å². The number of fused-ring (bicyclic) bond motifs is 5. The van der Waals surface area contributed by atoms with E-state index in [0.717, 1.165) is 63.3 Å². The molecule has 1 saturated carbocycles. The number of amides is 2. The first-order chi connectivity index (χ1) is 23.6. The van der Waals surface area contributed by atoms with Gasteiger partial charge in [0, 0.05) is 61.0 Å². The molecule has 13 heteroatoms. The van der Waals surface area contributed by atoms with E-state index < -0.39 is 16.1 Å². The summed E-state index contributed by atoms with van der Waals surface area (Å²) < 4.78 is 41.5. The molecule has 4 aromatic rings. The fourth-order valence-corrected chi connectivity index (χ4v) is 7.68. The zero-order valence-corrected chi connectivity index (χ0v) is 28.8. The molecule has 0 unspecified atom stereocenters. The molecule has 0 radical (unpaired) electrons. The zero-order chi connectivity index (χ0) is 34.3. The summed E-state index contributed by atoms with van der Waals surface area (Å²) in [7, 11) is 0.384. The Morgan fingerprint density at radius 1 is 1.02 bits per heavy atom. The number of nitrogens with one attached hydrogen (secondary N) is 1. The monoisotopic (exact) mass is 684 g/mol. The summed E-state index contributed by atoms with van der Waals surface area (Å²) in [6, 6.07) is 13.1. The maximum atomic E-state index is 13.4. The average Bonchev–Trinajstić information content (AvgIpc) is 3.33. The van der Waals surface area contributed by atoms with E-state index in [1.54, 1.807) is 36.4 Å². The highest BCUT2D eigenvalue weighted by molar-refractivity contribution is 7.87. The predicted molar refractivity (Wildman–Crippen MR) is 186 cm³/mol. The molecule has 1 saturated heterocycles. The van der Waals surface area contributed by atoms with Gasteiger partial charge in [-0.1, -0.05) is 25.3 Å². The number of carbonyl (C=O) groups excluding carboxylic acids is 2. The third kappa shape index (κ3) is 6.33. The van der Waals surface area contributed by atoms with Crippen molar-refractivity contribution in [1.82, 2.24) is 28.5 Å². The highest BCUT2D eigenvalue weighted by atomic mass is 32.2. The van der Waals surface area contributed by atoms with Crippen molar-refractivity contribution in [3.8, 4) is 17.0 Å². The minimum atomic E-state index is -3.99. The van der Waals surface area contributed by atoms with Gasteiger partial charge in [-0.05, 0) is 72.4 Å². The Morgan fingerprint density at radius 3 is 2.53 bits per heavy atom. The average molecular weight is 685 g/mol. The third-order valence-corrected chi connectivity index (χ3v) is 11.1. The van der Waals surface area contributed by atoms with Gasteiger partial charge in [0.25, 0.3) is 11.8 Å². The second-order valence-corrected chi connectivity index (χ2v) is 14.8. The summed E-state index contributed by atoms with van der Waals surface area (Å²) in [6.07, 6.45) is 9.24. The van der Waals surface area contributed by atoms with Gasteiger partial charge < -0.3 is 18.9 Å². The number of allylic oxidation sites excluding steroid dienone is 1. The highest BCUT2D eigenvalue weighted by Gasteiger charge is 2.31. The highest BCUT2D eigenvalue weighted by Crippen LogP contribution is 2.47. The molecule has 2 aromatic carbocycles. The van der Waals surface area contributed by atoms with E-state index in [1.165, 1.54) is 26.1 Å². The fourth-order valence-electron chi connectivity index (χ4n) is 7.15. The van der Waals surface area contributed by atoms with Crippen molar-refractivity contribution >= 4 is 44.6 Å². The quantitative estimate of drug-likeness (QED) is 0.296. The molecule has 2 fully saturated rings. The zero-order valence-electron chi connectivity index (χ0n) is 27.9. The lowest BCUT2D eigenvalue weighted by Gasteiger charge is -2.26. The molecule has 2 amide bonds. The van der Waals surface area contributed by atoms with E-state index in [-0.39, 0.29) is 11.5 Å². The normalized spacial score (nSPS) is 16.9. The molecule has 0 atom stereocenters. The summed E-state index contributed by atoms with van der Waals surface area (Å²) in [6.45, 7) is 2.33. The Balaban J connectivity index is 1.41. The Kier molecular flexibility index (Phi) is 8.99. The number of nitrogens with zero attached hydrogens (tertiary/aromatic N) is 5. The minimum Gasteiger partial charge on any atom is -0.497 e. The molecular weight excluding hydrogens is 644 g/mol. The van der Waals surface area contributed by atoms with Gasteiger partial charge in [0.05, 0.1) is 32.6 Å². The predicted octanol–water partition coefficient (Wildman–Crippen LogP) is 4.72. The lowest BCUT2D eigenvalue weighted by atomic mass is 9.81. The van der Waals surface area contributed by atoms with Gasteiger partial charge >= 0.3 is 10.2 Å². The van der Waals surface area contributed by atoms with Crippen molar-refractivity contribution in [1.29, 1.82) is 0 Å². The Labute approximate surface area is 285 Å². The van der Waals surface area contributed by atoms with Gasteiger partial charge in [0.2, 0.25) is 0 Å². The number of methoxy groups -OCH3 is 1. The van der Waals surface area contributed by atoms with Crippen LogP contribution in [0, 0.1) is 0 Å². The van der Waals surface area contributed by atoms with Crippen LogP contribution >= 0.6 is 0 Å². The molecule has 3 aliphatic rings. The molecule has 1 N–H and O–H groups in total. The molecule has 2 aromatic heterocycles. The van der Waals surface area contributed by atoms with Crippen molar-refractivity contribution in [2.75, 3.05) is 47.5 Å². The number of morpholine rings is 1. The minimum absolute atomic E-state index is 0.168. The third-order valence-electron chi connectivity index (χ3n) is 9.71. The molecular formula is C36H40N6O6S. The van der Waals surface area contributed by atoms with Crippen LogP contribution in [0.3, 0.4) is 0 Å². The second kappa shape index (κ2) is 13.4. The van der Waals surface area contributed by atoms with Crippen molar-refractivity contribution in [3.05, 3.63) is 76.9 Å². The maximum Gasteiger partial charge on any atom is 0.303 e. The van der Waals surface area contributed by atoms with Gasteiger partial charge in [-0.2, -0.15) is 12.7 Å². The number of carbonyl (C=O) groups is 2. The number of hydrogen-bond acceptors (Lipinski definition) is 8. The SMILES string of the molecule is COc1ccc2c(c1)C=C(c1nccc(C(=O)N3CCOCC3)n1)Cn1c-2c(C2CCCCC2)c2ccc(C(=O)NS(=O)(=O)N(C)C)cc21. The second-order valence-electron chi connectivity index (χ2n) is 12.9. The summed E-state index contributed by atoms with van der Waals surface area (Å²) in [5, 5.41) is 1.02. The standard InChI is InChI=1S/C36H40N6O6S/c1-40(2)49(45,46)39-35(43)24-9-11-29-31(21-24)42-22-26(34-37-14-13-30(38-34)36(44)41-15-17-48-18-16-41)19-25-20-27(47-3)10-12-28(25)33(42)32(29)23-7-5-4-6-8-23/h9-14,19-21,23H,4-8,15-18,22H2,1-3H3,(H,39,43). The molecule has 49 heavy (non-hydrogen) atoms. The van der Waals surface area contributed by atoms with Crippen LogP contribution in [0.2, 0.25) is 0 Å². The first-order valence-electron chi connectivity index (χ1n) is 16.6. The lowest BCUT2D eigenvalue weighted by molar-refractivity contribution is 0.0299. The van der Waals surface area contributed by atoms with Crippen LogP contribution in [0.4, 0.5) is 0 Å². The Bertz CT molecular complexity index is 2080. The number of hydrogen-bond donors (Lipinski definition) is 1. The summed E-state index contributed by atoms with van der Waals surface area (Å²) in [4.78, 5) is 37.9. The Morgan fingerprint density at radius 2 is 1.80 bits per heavy atom. The topological polar surface area (TPSA) is 136 Å². The van der Waals surface area contributed by atoms with E-state index in [4.69, 9.17) is 14.5 Å². The molecule has 7 rings (SSSR count). The largest absolute Gasteiger partial charge is 0.497 e. The van der Waals surface area contributed by atoms with Gasteiger partial charge in [-0.15, -0.1) is 0 Å². The summed E-state index contributed by atoms with van der Waals surface area (Å²) >= 11 is 0. The van der Waals surface area contributed by atoms with Crippen molar-refractivity contribution < 1.29 is 27.5 Å². The van der Waals surface area contributed by atoms with Crippen LogP contribution < -0.4 is 9.46 Å². The van der Waals surface area contributed by atoms with Gasteiger partial charge in [0.1, 0.15) is 11.4 Å². The number of ether oxygens (including phenoxy) is 2. The van der Waals surface area contributed by atoms with Crippen LogP contribution in [0.5, 0.6) is 5.75 Å². The smallest absolute Gasteiger partial charge is 0.303 e.